The number of hydrogen-bond acceptors (Lipinski definition) is 1. The molecule has 1 N–H and O–H groups in total. The van der Waals surface area contributed by atoms with E-state index < -0.39 is 5.97 Å². The van der Waals surface area contributed by atoms with Crippen molar-refractivity contribution in [2.75, 3.05) is 0 Å². The second-order valence-electron chi connectivity index (χ2n) is 3.89. The standard InChI is InChI=1S/C13H14O2/c14-13(15)12-8-6-11(7-9-12)10-4-2-1-3-5-10/h2,4,6-10H,1,3,5H2,(H,14,15). The largest absolute Gasteiger partial charge is 0.478 e. The molecule has 15 heavy (non-hydrogen) atoms. The zero-order chi connectivity index (χ0) is 10.7. The van der Waals surface area contributed by atoms with E-state index in [-0.39, 0.29) is 0 Å². The molecule has 0 heterocycles. The van der Waals surface area contributed by atoms with Crippen molar-refractivity contribution in [3.8, 4) is 0 Å². The van der Waals surface area contributed by atoms with Crippen LogP contribution in [0.3, 0.4) is 0 Å². The molecule has 0 aliphatic heterocycles. The summed E-state index contributed by atoms with van der Waals surface area (Å²) in [6.07, 6.45) is 7.99. The summed E-state index contributed by atoms with van der Waals surface area (Å²) in [5.74, 6) is -0.387. The molecule has 0 aromatic heterocycles. The number of aromatic carboxylic acids is 1. The minimum absolute atomic E-state index is 0.360. The Morgan fingerprint density at radius 1 is 1.27 bits per heavy atom. The van der Waals surface area contributed by atoms with Gasteiger partial charge < -0.3 is 5.11 Å². The number of benzene rings is 1. The molecule has 1 unspecified atom stereocenters. The molecule has 0 saturated carbocycles. The lowest BCUT2D eigenvalue weighted by Gasteiger charge is -2.16. The van der Waals surface area contributed by atoms with Crippen LogP contribution in [-0.2, 0) is 0 Å². The van der Waals surface area contributed by atoms with Crippen molar-refractivity contribution in [1.29, 1.82) is 0 Å². The summed E-state index contributed by atoms with van der Waals surface area (Å²) >= 11 is 0. The fourth-order valence-corrected chi connectivity index (χ4v) is 1.96. The molecule has 1 aromatic carbocycles. The third-order valence-corrected chi connectivity index (χ3v) is 2.84. The maximum atomic E-state index is 10.7. The highest BCUT2D eigenvalue weighted by Crippen LogP contribution is 2.27. The van der Waals surface area contributed by atoms with Crippen LogP contribution in [0.4, 0.5) is 0 Å². The molecule has 0 bridgehead atoms. The smallest absolute Gasteiger partial charge is 0.335 e. The molecule has 0 saturated heterocycles. The quantitative estimate of drug-likeness (QED) is 0.748. The predicted molar refractivity (Wildman–Crippen MR) is 59.1 cm³/mol. The third-order valence-electron chi connectivity index (χ3n) is 2.84. The number of carboxylic acids is 1. The average molecular weight is 202 g/mol. The van der Waals surface area contributed by atoms with Gasteiger partial charge in [0.05, 0.1) is 5.56 Å². The van der Waals surface area contributed by atoms with Gasteiger partial charge in [-0.1, -0.05) is 24.3 Å². The summed E-state index contributed by atoms with van der Waals surface area (Å²) in [6, 6.07) is 7.20. The summed E-state index contributed by atoms with van der Waals surface area (Å²) < 4.78 is 0. The van der Waals surface area contributed by atoms with Crippen LogP contribution in [0.25, 0.3) is 0 Å². The average Bonchev–Trinajstić information content (AvgIpc) is 2.30. The summed E-state index contributed by atoms with van der Waals surface area (Å²) in [5.41, 5.74) is 1.58. The maximum Gasteiger partial charge on any atom is 0.335 e. The van der Waals surface area contributed by atoms with Crippen LogP contribution in [-0.4, -0.2) is 11.1 Å². The second kappa shape index (κ2) is 4.30. The van der Waals surface area contributed by atoms with E-state index in [0.29, 0.717) is 11.5 Å². The molecule has 0 radical (unpaired) electrons. The molecule has 1 aliphatic rings. The lowest BCUT2D eigenvalue weighted by atomic mass is 9.89. The van der Waals surface area contributed by atoms with E-state index in [1.54, 1.807) is 12.1 Å². The van der Waals surface area contributed by atoms with Crippen LogP contribution in [0.2, 0.25) is 0 Å². The molecule has 2 heteroatoms. The van der Waals surface area contributed by atoms with Crippen molar-refractivity contribution in [1.82, 2.24) is 0 Å². The van der Waals surface area contributed by atoms with Crippen LogP contribution in [0, 0.1) is 0 Å². The highest BCUT2D eigenvalue weighted by atomic mass is 16.4. The lowest BCUT2D eigenvalue weighted by molar-refractivity contribution is 0.0697. The number of allylic oxidation sites excluding steroid dienone is 2. The van der Waals surface area contributed by atoms with Crippen molar-refractivity contribution in [3.05, 3.63) is 47.5 Å². The minimum Gasteiger partial charge on any atom is -0.478 e. The SMILES string of the molecule is O=C(O)c1ccc(C2C=CCCC2)cc1. The first-order chi connectivity index (χ1) is 7.27. The summed E-state index contributed by atoms with van der Waals surface area (Å²) in [7, 11) is 0. The Kier molecular flexibility index (Phi) is 2.86. The van der Waals surface area contributed by atoms with E-state index in [2.05, 4.69) is 12.2 Å². The van der Waals surface area contributed by atoms with Gasteiger partial charge in [0.1, 0.15) is 0 Å². The molecule has 0 spiro atoms. The first kappa shape index (κ1) is 9.97. The van der Waals surface area contributed by atoms with Crippen molar-refractivity contribution in [2.24, 2.45) is 0 Å². The Morgan fingerprint density at radius 2 is 2.00 bits per heavy atom. The Morgan fingerprint density at radius 3 is 2.53 bits per heavy atom. The van der Waals surface area contributed by atoms with Gasteiger partial charge in [-0.3, -0.25) is 0 Å². The first-order valence-electron chi connectivity index (χ1n) is 5.27. The summed E-state index contributed by atoms with van der Waals surface area (Å²) in [6.45, 7) is 0. The highest BCUT2D eigenvalue weighted by molar-refractivity contribution is 5.87. The Hall–Kier alpha value is -1.57. The second-order valence-corrected chi connectivity index (χ2v) is 3.89. The van der Waals surface area contributed by atoms with Crippen LogP contribution < -0.4 is 0 Å². The Labute approximate surface area is 89.2 Å². The minimum atomic E-state index is -0.860. The van der Waals surface area contributed by atoms with Gasteiger partial charge in [0.2, 0.25) is 0 Å². The predicted octanol–water partition coefficient (Wildman–Crippen LogP) is 3.21. The zero-order valence-corrected chi connectivity index (χ0v) is 8.52. The molecule has 1 atom stereocenters. The van der Waals surface area contributed by atoms with Gasteiger partial charge in [0.15, 0.2) is 0 Å². The molecule has 2 nitrogen and oxygen atoms in total. The van der Waals surface area contributed by atoms with Gasteiger partial charge in [-0.2, -0.15) is 0 Å². The van der Waals surface area contributed by atoms with Gasteiger partial charge in [0, 0.05) is 5.92 Å². The van der Waals surface area contributed by atoms with E-state index in [0.717, 1.165) is 0 Å². The van der Waals surface area contributed by atoms with Crippen molar-refractivity contribution >= 4 is 5.97 Å². The zero-order valence-electron chi connectivity index (χ0n) is 8.52. The fraction of sp³-hybridized carbons (Fsp3) is 0.308. The number of hydrogen-bond donors (Lipinski definition) is 1. The van der Waals surface area contributed by atoms with Crippen LogP contribution in [0.1, 0.15) is 41.1 Å². The van der Waals surface area contributed by atoms with Gasteiger partial charge in [-0.25, -0.2) is 4.79 Å². The van der Waals surface area contributed by atoms with E-state index in [1.165, 1.54) is 24.8 Å². The van der Waals surface area contributed by atoms with Gasteiger partial charge in [-0.05, 0) is 37.0 Å². The molecule has 0 fully saturated rings. The van der Waals surface area contributed by atoms with Gasteiger partial charge in [0.25, 0.3) is 0 Å². The number of rotatable bonds is 2. The number of carbonyl (C=O) groups is 1. The van der Waals surface area contributed by atoms with Crippen molar-refractivity contribution < 1.29 is 9.90 Å². The monoisotopic (exact) mass is 202 g/mol. The maximum absolute atomic E-state index is 10.7. The van der Waals surface area contributed by atoms with Crippen LogP contribution in [0.15, 0.2) is 36.4 Å². The van der Waals surface area contributed by atoms with Crippen molar-refractivity contribution in [2.45, 2.75) is 25.2 Å². The van der Waals surface area contributed by atoms with Crippen molar-refractivity contribution in [3.63, 3.8) is 0 Å². The Balaban J connectivity index is 2.19. The fourth-order valence-electron chi connectivity index (χ4n) is 1.96. The topological polar surface area (TPSA) is 37.3 Å². The summed E-state index contributed by atoms with van der Waals surface area (Å²) in [5, 5.41) is 8.77. The molecule has 0 amide bonds. The number of carboxylic acid groups (broad SMARTS) is 1. The van der Waals surface area contributed by atoms with Gasteiger partial charge in [-0.15, -0.1) is 0 Å². The molecular formula is C13H14O2. The van der Waals surface area contributed by atoms with E-state index >= 15 is 0 Å². The van der Waals surface area contributed by atoms with Crippen LogP contribution >= 0.6 is 0 Å². The normalized spacial score (nSPS) is 20.1. The molecule has 2 rings (SSSR count). The highest BCUT2D eigenvalue weighted by Gasteiger charge is 2.11. The first-order valence-corrected chi connectivity index (χ1v) is 5.27. The molecule has 1 aromatic rings. The lowest BCUT2D eigenvalue weighted by Crippen LogP contribution is -2.01. The third kappa shape index (κ3) is 2.27. The van der Waals surface area contributed by atoms with E-state index in [4.69, 9.17) is 5.11 Å². The van der Waals surface area contributed by atoms with E-state index in [1.807, 2.05) is 12.1 Å². The van der Waals surface area contributed by atoms with E-state index in [9.17, 15) is 4.79 Å². The summed E-state index contributed by atoms with van der Waals surface area (Å²) in [4.78, 5) is 10.7. The van der Waals surface area contributed by atoms with Gasteiger partial charge >= 0.3 is 5.97 Å². The van der Waals surface area contributed by atoms with Crippen LogP contribution in [0.5, 0.6) is 0 Å². The molecule has 78 valence electrons. The Bertz CT molecular complexity index is 376. The molecular weight excluding hydrogens is 188 g/mol. The molecule has 1 aliphatic carbocycles.